The first-order valence-corrected chi connectivity index (χ1v) is 11.6. The fraction of sp³-hybridized carbons (Fsp3) is 0.346. The zero-order valence-corrected chi connectivity index (χ0v) is 18.8. The van der Waals surface area contributed by atoms with E-state index in [2.05, 4.69) is 51.4 Å². The predicted molar refractivity (Wildman–Crippen MR) is 128 cm³/mol. The number of nitrogens with one attached hydrogen (secondary N) is 3. The molecule has 0 aliphatic heterocycles. The number of amides is 3. The highest BCUT2D eigenvalue weighted by atomic mass is 16.2. The molecule has 2 aromatic carbocycles. The van der Waals surface area contributed by atoms with Crippen molar-refractivity contribution < 1.29 is 9.59 Å². The quantitative estimate of drug-likeness (QED) is 0.469. The normalized spacial score (nSPS) is 13.6. The topological polar surface area (TPSA) is 88.0 Å². The molecule has 1 aliphatic rings. The van der Waals surface area contributed by atoms with Gasteiger partial charge in [-0.15, -0.1) is 0 Å². The number of urea groups is 1. The van der Waals surface area contributed by atoms with Crippen LogP contribution in [0.15, 0.2) is 67.0 Å². The molecule has 3 aromatic rings. The summed E-state index contributed by atoms with van der Waals surface area (Å²) >= 11 is 0. The number of carbonyl (C=O) groups is 2. The minimum absolute atomic E-state index is 0.0409. The Kier molecular flexibility index (Phi) is 7.74. The molecule has 0 saturated heterocycles. The van der Waals surface area contributed by atoms with E-state index in [1.54, 1.807) is 6.20 Å². The molecule has 0 spiro atoms. The van der Waals surface area contributed by atoms with Gasteiger partial charge in [-0.3, -0.25) is 9.48 Å². The first kappa shape index (κ1) is 22.6. The average molecular weight is 446 g/mol. The number of benzene rings is 2. The van der Waals surface area contributed by atoms with Crippen LogP contribution in [-0.2, 0) is 17.9 Å². The molecule has 7 heteroatoms. The van der Waals surface area contributed by atoms with Gasteiger partial charge in [-0.05, 0) is 47.1 Å². The third kappa shape index (κ3) is 6.68. The van der Waals surface area contributed by atoms with Gasteiger partial charge < -0.3 is 16.0 Å². The van der Waals surface area contributed by atoms with E-state index in [4.69, 9.17) is 0 Å². The minimum atomic E-state index is -0.285. The lowest BCUT2D eigenvalue weighted by atomic mass is 9.98. The van der Waals surface area contributed by atoms with Gasteiger partial charge >= 0.3 is 6.03 Å². The van der Waals surface area contributed by atoms with Gasteiger partial charge in [0.15, 0.2) is 0 Å². The molecule has 3 N–H and O–H groups in total. The lowest BCUT2D eigenvalue weighted by molar-refractivity contribution is -0.120. The summed E-state index contributed by atoms with van der Waals surface area (Å²) in [4.78, 5) is 24.2. The second-order valence-corrected chi connectivity index (χ2v) is 8.55. The van der Waals surface area contributed by atoms with Gasteiger partial charge in [0.05, 0.1) is 13.1 Å². The van der Waals surface area contributed by atoms with Gasteiger partial charge in [0.2, 0.25) is 5.91 Å². The van der Waals surface area contributed by atoms with Crippen molar-refractivity contribution in [3.8, 4) is 11.1 Å². The van der Waals surface area contributed by atoms with E-state index in [0.29, 0.717) is 19.0 Å². The van der Waals surface area contributed by atoms with Crippen LogP contribution in [0.3, 0.4) is 0 Å². The maximum atomic E-state index is 12.3. The van der Waals surface area contributed by atoms with E-state index < -0.39 is 0 Å². The second-order valence-electron chi connectivity index (χ2n) is 8.55. The van der Waals surface area contributed by atoms with E-state index in [9.17, 15) is 9.59 Å². The van der Waals surface area contributed by atoms with E-state index in [1.165, 1.54) is 31.2 Å². The number of hydrogen-bond donors (Lipinski definition) is 3. The van der Waals surface area contributed by atoms with E-state index in [1.807, 2.05) is 35.1 Å². The SMILES string of the molecule is O=C(CNC(=O)NCC1CCCC1)NCc1ccccc1-c1ccc(Cn2cccn2)cc1. The minimum Gasteiger partial charge on any atom is -0.350 e. The summed E-state index contributed by atoms with van der Waals surface area (Å²) in [7, 11) is 0. The van der Waals surface area contributed by atoms with E-state index in [-0.39, 0.29) is 18.5 Å². The molecule has 0 bridgehead atoms. The Morgan fingerprint density at radius 2 is 1.73 bits per heavy atom. The highest BCUT2D eigenvalue weighted by molar-refractivity contribution is 5.84. The first-order chi connectivity index (χ1) is 16.2. The van der Waals surface area contributed by atoms with Crippen LogP contribution in [0.5, 0.6) is 0 Å². The predicted octanol–water partition coefficient (Wildman–Crippen LogP) is 3.70. The van der Waals surface area contributed by atoms with E-state index >= 15 is 0 Å². The lowest BCUT2D eigenvalue weighted by Crippen LogP contribution is -2.43. The second kappa shape index (κ2) is 11.3. The molecule has 0 radical (unpaired) electrons. The molecule has 1 heterocycles. The van der Waals surface area contributed by atoms with Gasteiger partial charge in [0, 0.05) is 25.5 Å². The van der Waals surface area contributed by atoms with Gasteiger partial charge in [0.25, 0.3) is 0 Å². The van der Waals surface area contributed by atoms with Crippen molar-refractivity contribution in [1.82, 2.24) is 25.7 Å². The summed E-state index contributed by atoms with van der Waals surface area (Å²) in [6.07, 6.45) is 8.55. The van der Waals surface area contributed by atoms with Crippen molar-refractivity contribution in [2.24, 2.45) is 5.92 Å². The molecule has 1 aromatic heterocycles. The Morgan fingerprint density at radius 1 is 0.939 bits per heavy atom. The number of aromatic nitrogens is 2. The maximum Gasteiger partial charge on any atom is 0.315 e. The summed E-state index contributed by atoms with van der Waals surface area (Å²) in [5, 5.41) is 12.7. The molecule has 0 unspecified atom stereocenters. The van der Waals surface area contributed by atoms with Gasteiger partial charge in [0.1, 0.15) is 0 Å². The highest BCUT2D eigenvalue weighted by Gasteiger charge is 2.15. The van der Waals surface area contributed by atoms with Gasteiger partial charge in [-0.2, -0.15) is 5.10 Å². The molecule has 3 amide bonds. The summed E-state index contributed by atoms with van der Waals surface area (Å²) in [5.41, 5.74) is 4.36. The van der Waals surface area contributed by atoms with Crippen molar-refractivity contribution in [1.29, 1.82) is 0 Å². The first-order valence-electron chi connectivity index (χ1n) is 11.6. The van der Waals surface area contributed by atoms with Crippen molar-refractivity contribution in [2.75, 3.05) is 13.1 Å². The highest BCUT2D eigenvalue weighted by Crippen LogP contribution is 2.25. The van der Waals surface area contributed by atoms with Crippen LogP contribution in [0.4, 0.5) is 4.79 Å². The Morgan fingerprint density at radius 3 is 2.48 bits per heavy atom. The fourth-order valence-corrected chi connectivity index (χ4v) is 4.26. The zero-order valence-electron chi connectivity index (χ0n) is 18.8. The zero-order chi connectivity index (χ0) is 22.9. The molecule has 1 saturated carbocycles. The molecule has 4 rings (SSSR count). The molecular formula is C26H31N5O2. The average Bonchev–Trinajstić information content (AvgIpc) is 3.55. The number of carbonyl (C=O) groups excluding carboxylic acids is 2. The molecule has 33 heavy (non-hydrogen) atoms. The van der Waals surface area contributed by atoms with Crippen LogP contribution in [0, 0.1) is 5.92 Å². The third-order valence-electron chi connectivity index (χ3n) is 6.10. The van der Waals surface area contributed by atoms with E-state index in [0.717, 1.165) is 23.2 Å². The summed E-state index contributed by atoms with van der Waals surface area (Å²) in [6, 6.07) is 18.0. The fourth-order valence-electron chi connectivity index (χ4n) is 4.26. The molecular weight excluding hydrogens is 414 g/mol. The Balaban J connectivity index is 1.26. The molecule has 172 valence electrons. The van der Waals surface area contributed by atoms with Crippen molar-refractivity contribution in [3.05, 3.63) is 78.1 Å². The standard InChI is InChI=1S/C26H31N5O2/c32-25(18-29-26(33)28-16-20-6-1-2-7-20)27-17-23-8-3-4-9-24(23)22-12-10-21(11-13-22)19-31-15-5-14-30-31/h3-5,8-15,20H,1-2,6-7,16-19H2,(H,27,32)(H2,28,29,33). The van der Waals surface area contributed by atoms with Crippen molar-refractivity contribution >= 4 is 11.9 Å². The van der Waals surface area contributed by atoms with Crippen molar-refractivity contribution in [2.45, 2.75) is 38.8 Å². The Labute approximate surface area is 194 Å². The summed E-state index contributed by atoms with van der Waals surface area (Å²) < 4.78 is 1.89. The smallest absolute Gasteiger partial charge is 0.315 e. The monoisotopic (exact) mass is 445 g/mol. The third-order valence-corrected chi connectivity index (χ3v) is 6.10. The van der Waals surface area contributed by atoms with Crippen molar-refractivity contribution in [3.63, 3.8) is 0 Å². The Hall–Kier alpha value is -3.61. The summed E-state index contributed by atoms with van der Waals surface area (Å²) in [5.74, 6) is 0.357. The number of nitrogens with zero attached hydrogens (tertiary/aromatic N) is 2. The van der Waals surface area contributed by atoms with Crippen LogP contribution in [0.2, 0.25) is 0 Å². The largest absolute Gasteiger partial charge is 0.350 e. The molecule has 0 atom stereocenters. The number of hydrogen-bond acceptors (Lipinski definition) is 3. The van der Waals surface area contributed by atoms with Crippen LogP contribution in [0.1, 0.15) is 36.8 Å². The molecule has 7 nitrogen and oxygen atoms in total. The lowest BCUT2D eigenvalue weighted by Gasteiger charge is -2.13. The van der Waals surface area contributed by atoms with Crippen LogP contribution in [-0.4, -0.2) is 34.8 Å². The van der Waals surface area contributed by atoms with Crippen LogP contribution >= 0.6 is 0 Å². The van der Waals surface area contributed by atoms with Crippen LogP contribution < -0.4 is 16.0 Å². The van der Waals surface area contributed by atoms with Gasteiger partial charge in [-0.25, -0.2) is 4.79 Å². The van der Waals surface area contributed by atoms with Crippen LogP contribution in [0.25, 0.3) is 11.1 Å². The maximum absolute atomic E-state index is 12.3. The van der Waals surface area contributed by atoms with Gasteiger partial charge in [-0.1, -0.05) is 61.4 Å². The Bertz CT molecular complexity index is 1040. The number of rotatable bonds is 9. The molecule has 1 aliphatic carbocycles. The molecule has 1 fully saturated rings. The summed E-state index contributed by atoms with van der Waals surface area (Å²) in [6.45, 7) is 1.77.